The van der Waals surface area contributed by atoms with Gasteiger partial charge >= 0.3 is 0 Å². The van der Waals surface area contributed by atoms with Gasteiger partial charge in [0.25, 0.3) is 0 Å². The molecule has 1 aromatic rings. The van der Waals surface area contributed by atoms with Crippen LogP contribution in [-0.2, 0) is 6.42 Å². The van der Waals surface area contributed by atoms with Crippen molar-refractivity contribution in [2.75, 3.05) is 0 Å². The minimum Gasteiger partial charge on any atom is -0.0839 e. The molecular formula is C17H25Br. The number of halogens is 1. The van der Waals surface area contributed by atoms with Crippen molar-refractivity contribution in [3.8, 4) is 0 Å². The number of aryl methyl sites for hydroxylation is 1. The monoisotopic (exact) mass is 308 g/mol. The van der Waals surface area contributed by atoms with Crippen LogP contribution in [0.1, 0.15) is 67.8 Å². The van der Waals surface area contributed by atoms with Crippen LogP contribution in [0.3, 0.4) is 0 Å². The van der Waals surface area contributed by atoms with E-state index in [2.05, 4.69) is 47.1 Å². The molecule has 18 heavy (non-hydrogen) atoms. The molecule has 0 spiro atoms. The Morgan fingerprint density at radius 2 is 1.83 bits per heavy atom. The Labute approximate surface area is 120 Å². The molecule has 0 aliphatic heterocycles. The largest absolute Gasteiger partial charge is 0.0839 e. The highest BCUT2D eigenvalue weighted by molar-refractivity contribution is 9.09. The maximum absolute atomic E-state index is 3.86. The van der Waals surface area contributed by atoms with Crippen molar-refractivity contribution in [1.29, 1.82) is 0 Å². The summed E-state index contributed by atoms with van der Waals surface area (Å²) in [6, 6.07) is 9.20. The summed E-state index contributed by atoms with van der Waals surface area (Å²) >= 11 is 3.86. The lowest BCUT2D eigenvalue weighted by Crippen LogP contribution is -1.97. The number of benzene rings is 1. The normalized spacial score (nSPS) is 18.1. The van der Waals surface area contributed by atoms with Gasteiger partial charge < -0.3 is 0 Å². The highest BCUT2D eigenvalue weighted by Crippen LogP contribution is 2.34. The van der Waals surface area contributed by atoms with Crippen LogP contribution >= 0.6 is 15.9 Å². The predicted octanol–water partition coefficient (Wildman–Crippen LogP) is 6.05. The van der Waals surface area contributed by atoms with Crippen molar-refractivity contribution < 1.29 is 0 Å². The first-order chi connectivity index (χ1) is 8.79. The van der Waals surface area contributed by atoms with E-state index < -0.39 is 0 Å². The highest BCUT2D eigenvalue weighted by Gasteiger charge is 2.16. The van der Waals surface area contributed by atoms with Gasteiger partial charge in [-0.1, -0.05) is 79.2 Å². The predicted molar refractivity (Wildman–Crippen MR) is 83.3 cm³/mol. The van der Waals surface area contributed by atoms with Gasteiger partial charge in [-0.2, -0.15) is 0 Å². The average Bonchev–Trinajstić information content (AvgIpc) is 2.90. The van der Waals surface area contributed by atoms with Crippen molar-refractivity contribution in [3.63, 3.8) is 0 Å². The zero-order valence-corrected chi connectivity index (χ0v) is 13.1. The molecular weight excluding hydrogens is 284 g/mol. The summed E-state index contributed by atoms with van der Waals surface area (Å²) in [5, 5.41) is 0. The smallest absolute Gasteiger partial charge is 0.0395 e. The van der Waals surface area contributed by atoms with Gasteiger partial charge in [-0.15, -0.1) is 0 Å². The van der Waals surface area contributed by atoms with Crippen molar-refractivity contribution >= 4 is 15.9 Å². The molecule has 0 radical (unpaired) electrons. The van der Waals surface area contributed by atoms with Gasteiger partial charge in [0.15, 0.2) is 0 Å². The third-order valence-corrected chi connectivity index (χ3v) is 5.17. The van der Waals surface area contributed by atoms with E-state index in [0.29, 0.717) is 4.83 Å². The third kappa shape index (κ3) is 4.12. The van der Waals surface area contributed by atoms with Crippen LogP contribution < -0.4 is 0 Å². The van der Waals surface area contributed by atoms with Gasteiger partial charge in [0.05, 0.1) is 0 Å². The first kappa shape index (κ1) is 14.1. The fourth-order valence-corrected chi connectivity index (χ4v) is 3.60. The number of hydrogen-bond acceptors (Lipinski definition) is 0. The number of rotatable bonds is 6. The van der Waals surface area contributed by atoms with Crippen LogP contribution in [-0.4, -0.2) is 0 Å². The van der Waals surface area contributed by atoms with Gasteiger partial charge in [-0.25, -0.2) is 0 Å². The van der Waals surface area contributed by atoms with Gasteiger partial charge in [-0.3, -0.25) is 0 Å². The summed E-state index contributed by atoms with van der Waals surface area (Å²) in [4.78, 5) is 0.550. The summed E-state index contributed by atoms with van der Waals surface area (Å²) in [7, 11) is 0. The topological polar surface area (TPSA) is 0 Å². The van der Waals surface area contributed by atoms with E-state index in [1.54, 1.807) is 0 Å². The summed E-state index contributed by atoms with van der Waals surface area (Å²) in [6.45, 7) is 2.24. The third-order valence-electron chi connectivity index (χ3n) is 4.18. The summed E-state index contributed by atoms with van der Waals surface area (Å²) < 4.78 is 0. The van der Waals surface area contributed by atoms with E-state index in [-0.39, 0.29) is 0 Å². The van der Waals surface area contributed by atoms with Gasteiger partial charge in [0.1, 0.15) is 0 Å². The molecule has 1 atom stereocenters. The lowest BCUT2D eigenvalue weighted by atomic mass is 9.97. The Kier molecular flexibility index (Phi) is 5.75. The summed E-state index contributed by atoms with van der Waals surface area (Å²) in [5.41, 5.74) is 2.92. The van der Waals surface area contributed by atoms with E-state index in [0.717, 1.165) is 5.92 Å². The maximum atomic E-state index is 3.86. The SMILES string of the molecule is CCCc1ccc(C(Br)CCC2CCCC2)cc1. The van der Waals surface area contributed by atoms with E-state index >= 15 is 0 Å². The van der Waals surface area contributed by atoms with Crippen LogP contribution in [0.2, 0.25) is 0 Å². The quantitative estimate of drug-likeness (QED) is 0.561. The molecule has 100 valence electrons. The molecule has 0 N–H and O–H groups in total. The molecule has 1 fully saturated rings. The molecule has 0 heterocycles. The van der Waals surface area contributed by atoms with Gasteiger partial charge in [0, 0.05) is 4.83 Å². The average molecular weight is 309 g/mol. The molecule has 0 aromatic heterocycles. The van der Waals surface area contributed by atoms with Gasteiger partial charge in [0.2, 0.25) is 0 Å². The fourth-order valence-electron chi connectivity index (χ4n) is 3.03. The fraction of sp³-hybridized carbons (Fsp3) is 0.647. The van der Waals surface area contributed by atoms with Crippen LogP contribution in [0.4, 0.5) is 0 Å². The van der Waals surface area contributed by atoms with Crippen LogP contribution in [0.15, 0.2) is 24.3 Å². The minimum absolute atomic E-state index is 0.550. The van der Waals surface area contributed by atoms with Crippen molar-refractivity contribution in [2.45, 2.75) is 63.1 Å². The Morgan fingerprint density at radius 1 is 1.17 bits per heavy atom. The zero-order chi connectivity index (χ0) is 12.8. The lowest BCUT2D eigenvalue weighted by Gasteiger charge is -2.14. The molecule has 0 amide bonds. The van der Waals surface area contributed by atoms with E-state index in [9.17, 15) is 0 Å². The Hall–Kier alpha value is -0.300. The second-order valence-corrected chi connectivity index (χ2v) is 6.79. The second-order valence-electron chi connectivity index (χ2n) is 5.69. The molecule has 1 aromatic carbocycles. The molecule has 1 unspecified atom stereocenters. The molecule has 2 rings (SSSR count). The minimum atomic E-state index is 0.550. The standard InChI is InChI=1S/C17H25Br/c1-2-5-14-8-11-16(12-9-14)17(18)13-10-15-6-3-4-7-15/h8-9,11-12,15,17H,2-7,10,13H2,1H3. The Bertz CT molecular complexity index is 335. The molecule has 1 heteroatoms. The molecule has 1 aliphatic rings. The summed E-state index contributed by atoms with van der Waals surface area (Å²) in [5.74, 6) is 1.00. The van der Waals surface area contributed by atoms with Crippen molar-refractivity contribution in [1.82, 2.24) is 0 Å². The first-order valence-corrected chi connectivity index (χ1v) is 8.44. The zero-order valence-electron chi connectivity index (χ0n) is 11.5. The van der Waals surface area contributed by atoms with Crippen LogP contribution in [0, 0.1) is 5.92 Å². The van der Waals surface area contributed by atoms with Crippen molar-refractivity contribution in [2.24, 2.45) is 5.92 Å². The molecule has 1 aliphatic carbocycles. The van der Waals surface area contributed by atoms with E-state index in [1.807, 2.05) is 0 Å². The molecule has 0 nitrogen and oxygen atoms in total. The van der Waals surface area contributed by atoms with Crippen LogP contribution in [0.25, 0.3) is 0 Å². The second kappa shape index (κ2) is 7.33. The number of hydrogen-bond donors (Lipinski definition) is 0. The van der Waals surface area contributed by atoms with Crippen molar-refractivity contribution in [3.05, 3.63) is 35.4 Å². The molecule has 0 saturated heterocycles. The first-order valence-electron chi connectivity index (χ1n) is 7.52. The molecule has 0 bridgehead atoms. The summed E-state index contributed by atoms with van der Waals surface area (Å²) in [6.07, 6.45) is 11.0. The van der Waals surface area contributed by atoms with Gasteiger partial charge in [-0.05, 0) is 36.3 Å². The lowest BCUT2D eigenvalue weighted by molar-refractivity contribution is 0.483. The van der Waals surface area contributed by atoms with E-state index in [1.165, 1.54) is 62.5 Å². The Morgan fingerprint density at radius 3 is 2.44 bits per heavy atom. The maximum Gasteiger partial charge on any atom is 0.0395 e. The number of alkyl halides is 1. The Balaban J connectivity index is 1.81. The molecule has 1 saturated carbocycles. The van der Waals surface area contributed by atoms with E-state index in [4.69, 9.17) is 0 Å². The highest BCUT2D eigenvalue weighted by atomic mass is 79.9. The van der Waals surface area contributed by atoms with Crippen LogP contribution in [0.5, 0.6) is 0 Å².